The van der Waals surface area contributed by atoms with E-state index in [-0.39, 0.29) is 17.9 Å². The Morgan fingerprint density at radius 1 is 1.41 bits per heavy atom. The lowest BCUT2D eigenvalue weighted by Crippen LogP contribution is -2.45. The van der Waals surface area contributed by atoms with Crippen molar-refractivity contribution < 1.29 is 13.7 Å². The highest BCUT2D eigenvalue weighted by atomic mass is 127. The molecule has 1 N–H and O–H groups in total. The summed E-state index contributed by atoms with van der Waals surface area (Å²) in [5, 5.41) is 4.05. The minimum atomic E-state index is -0.663. The average molecular weight is 481 g/mol. The van der Waals surface area contributed by atoms with Crippen LogP contribution >= 0.6 is 22.6 Å². The van der Waals surface area contributed by atoms with Gasteiger partial charge in [0.2, 0.25) is 17.7 Å². The van der Waals surface area contributed by atoms with Crippen LogP contribution in [0, 0.1) is 9.52 Å². The van der Waals surface area contributed by atoms with E-state index < -0.39 is 5.95 Å². The number of aromatic nitrogens is 4. The number of amides is 1. The Labute approximate surface area is 168 Å². The Balaban J connectivity index is 1.54. The Morgan fingerprint density at radius 3 is 3.00 bits per heavy atom. The lowest BCUT2D eigenvalue weighted by atomic mass is 9.92. The number of piperidine rings is 1. The van der Waals surface area contributed by atoms with E-state index in [2.05, 4.69) is 42.7 Å². The van der Waals surface area contributed by atoms with E-state index >= 15 is 0 Å². The Bertz CT molecular complexity index is 972. The minimum Gasteiger partial charge on any atom is -0.357 e. The van der Waals surface area contributed by atoms with Gasteiger partial charge in [-0.05, 0) is 54.5 Å². The van der Waals surface area contributed by atoms with Gasteiger partial charge in [0.1, 0.15) is 0 Å². The number of carbonyl (C=O) groups excluding carboxylic acids is 1. The van der Waals surface area contributed by atoms with Crippen molar-refractivity contribution in [1.82, 2.24) is 25.0 Å². The third kappa shape index (κ3) is 3.73. The second-order valence-electron chi connectivity index (χ2n) is 6.64. The molecule has 3 aromatic heterocycles. The molecule has 4 heterocycles. The molecule has 7 nitrogen and oxygen atoms in total. The van der Waals surface area contributed by atoms with Crippen LogP contribution in [0.1, 0.15) is 41.9 Å². The second-order valence-corrected chi connectivity index (χ2v) is 7.88. The van der Waals surface area contributed by atoms with Gasteiger partial charge in [0.25, 0.3) is 5.91 Å². The molecule has 9 heteroatoms. The first kappa shape index (κ1) is 18.1. The van der Waals surface area contributed by atoms with Gasteiger partial charge in [-0.1, -0.05) is 5.16 Å². The molecular formula is C18H17FIN5O2. The molecule has 2 atom stereocenters. The number of nitrogens with one attached hydrogen (secondary N) is 1. The molecule has 0 saturated carbocycles. The van der Waals surface area contributed by atoms with Crippen LogP contribution in [-0.2, 0) is 0 Å². The number of H-pyrrole nitrogens is 1. The number of pyridine rings is 1. The molecule has 1 aliphatic heterocycles. The fraction of sp³-hybridized carbons (Fsp3) is 0.333. The Hall–Kier alpha value is -2.30. The van der Waals surface area contributed by atoms with Crippen molar-refractivity contribution in [3.8, 4) is 11.5 Å². The second kappa shape index (κ2) is 7.37. The third-order valence-electron chi connectivity index (χ3n) is 4.80. The summed E-state index contributed by atoms with van der Waals surface area (Å²) in [7, 11) is 0. The van der Waals surface area contributed by atoms with Crippen molar-refractivity contribution in [2.45, 2.75) is 31.7 Å². The van der Waals surface area contributed by atoms with E-state index in [0.717, 1.165) is 28.2 Å². The van der Waals surface area contributed by atoms with Gasteiger partial charge in [-0.2, -0.15) is 9.37 Å². The molecule has 0 bridgehead atoms. The van der Waals surface area contributed by atoms with Crippen LogP contribution in [-0.4, -0.2) is 43.5 Å². The van der Waals surface area contributed by atoms with Gasteiger partial charge in [0.15, 0.2) is 0 Å². The SMILES string of the molecule is C[C@@H]1CC[C@H](c2nc(-c3cc(I)c[nH]3)no2)CN1C(=O)c1ccnc(F)c1. The first-order valence-electron chi connectivity index (χ1n) is 8.61. The molecule has 0 spiro atoms. The summed E-state index contributed by atoms with van der Waals surface area (Å²) in [5.74, 6) is 0.0873. The first-order chi connectivity index (χ1) is 13.0. The average Bonchev–Trinajstić information content (AvgIpc) is 3.30. The number of carbonyl (C=O) groups is 1. The highest BCUT2D eigenvalue weighted by Crippen LogP contribution is 2.31. The summed E-state index contributed by atoms with van der Waals surface area (Å²) in [6, 6.07) is 4.68. The summed E-state index contributed by atoms with van der Waals surface area (Å²) in [6.45, 7) is 2.44. The number of aromatic amines is 1. The molecule has 1 amide bonds. The van der Waals surface area contributed by atoms with E-state index in [1.165, 1.54) is 12.3 Å². The molecule has 0 radical (unpaired) electrons. The zero-order valence-corrected chi connectivity index (χ0v) is 16.7. The zero-order chi connectivity index (χ0) is 19.0. The van der Waals surface area contributed by atoms with Gasteiger partial charge in [-0.3, -0.25) is 4.79 Å². The molecular weight excluding hydrogens is 464 g/mol. The highest BCUT2D eigenvalue weighted by molar-refractivity contribution is 14.1. The Morgan fingerprint density at radius 2 is 2.26 bits per heavy atom. The van der Waals surface area contributed by atoms with Crippen LogP contribution in [0.25, 0.3) is 11.5 Å². The number of hydrogen-bond donors (Lipinski definition) is 1. The van der Waals surface area contributed by atoms with Crippen molar-refractivity contribution in [3.63, 3.8) is 0 Å². The molecule has 4 rings (SSSR count). The van der Waals surface area contributed by atoms with Crippen molar-refractivity contribution in [2.24, 2.45) is 0 Å². The van der Waals surface area contributed by atoms with Gasteiger partial charge >= 0.3 is 0 Å². The molecule has 1 aliphatic rings. The van der Waals surface area contributed by atoms with E-state index in [1.807, 2.05) is 19.2 Å². The summed E-state index contributed by atoms with van der Waals surface area (Å²) in [6.07, 6.45) is 4.82. The Kier molecular flexibility index (Phi) is 4.94. The zero-order valence-electron chi connectivity index (χ0n) is 14.5. The third-order valence-corrected chi connectivity index (χ3v) is 5.42. The quantitative estimate of drug-likeness (QED) is 0.456. The smallest absolute Gasteiger partial charge is 0.254 e. The number of halogens is 2. The van der Waals surface area contributed by atoms with Crippen LogP contribution in [0.15, 0.2) is 35.1 Å². The monoisotopic (exact) mass is 481 g/mol. The summed E-state index contributed by atoms with van der Waals surface area (Å²) in [4.78, 5) is 25.7. The van der Waals surface area contributed by atoms with Crippen molar-refractivity contribution in [1.29, 1.82) is 0 Å². The summed E-state index contributed by atoms with van der Waals surface area (Å²) >= 11 is 2.20. The number of rotatable bonds is 3. The number of hydrogen-bond acceptors (Lipinski definition) is 5. The molecule has 0 aliphatic carbocycles. The van der Waals surface area contributed by atoms with Crippen molar-refractivity contribution in [2.75, 3.05) is 6.54 Å². The molecule has 0 aromatic carbocycles. The van der Waals surface area contributed by atoms with Gasteiger partial charge < -0.3 is 14.4 Å². The van der Waals surface area contributed by atoms with Gasteiger partial charge in [0.05, 0.1) is 11.6 Å². The molecule has 0 unspecified atom stereocenters. The standard InChI is InChI=1S/C18H17FIN5O2/c1-10-2-3-12(9-25(10)18(26)11-4-5-21-15(19)6-11)17-23-16(24-27-17)14-7-13(20)8-22-14/h4-8,10,12,22H,2-3,9H2,1H3/t10-,12+/m1/s1. The van der Waals surface area contributed by atoms with E-state index in [1.54, 1.807) is 4.90 Å². The minimum absolute atomic E-state index is 0.0490. The molecule has 140 valence electrons. The van der Waals surface area contributed by atoms with Crippen molar-refractivity contribution in [3.05, 3.63) is 51.6 Å². The fourth-order valence-electron chi connectivity index (χ4n) is 3.30. The summed E-state index contributed by atoms with van der Waals surface area (Å²) in [5.41, 5.74) is 1.08. The lowest BCUT2D eigenvalue weighted by Gasteiger charge is -2.36. The predicted octanol–water partition coefficient (Wildman–Crippen LogP) is 3.61. The number of nitrogens with zero attached hydrogens (tertiary/aromatic N) is 4. The topological polar surface area (TPSA) is 87.9 Å². The summed E-state index contributed by atoms with van der Waals surface area (Å²) < 4.78 is 19.9. The van der Waals surface area contributed by atoms with Gasteiger partial charge in [-0.15, -0.1) is 0 Å². The molecule has 1 fully saturated rings. The molecule has 3 aromatic rings. The van der Waals surface area contributed by atoms with Crippen LogP contribution in [0.5, 0.6) is 0 Å². The fourth-order valence-corrected chi connectivity index (χ4v) is 3.77. The number of likely N-dealkylation sites (tertiary alicyclic amines) is 1. The predicted molar refractivity (Wildman–Crippen MR) is 103 cm³/mol. The maximum absolute atomic E-state index is 13.4. The normalized spacial score (nSPS) is 20.0. The maximum Gasteiger partial charge on any atom is 0.254 e. The van der Waals surface area contributed by atoms with Crippen LogP contribution in [0.4, 0.5) is 4.39 Å². The highest BCUT2D eigenvalue weighted by Gasteiger charge is 2.33. The van der Waals surface area contributed by atoms with E-state index in [0.29, 0.717) is 23.8 Å². The van der Waals surface area contributed by atoms with E-state index in [9.17, 15) is 9.18 Å². The van der Waals surface area contributed by atoms with Crippen LogP contribution < -0.4 is 0 Å². The van der Waals surface area contributed by atoms with Crippen LogP contribution in [0.3, 0.4) is 0 Å². The largest absolute Gasteiger partial charge is 0.357 e. The van der Waals surface area contributed by atoms with Crippen LogP contribution in [0.2, 0.25) is 0 Å². The maximum atomic E-state index is 13.4. The lowest BCUT2D eigenvalue weighted by molar-refractivity contribution is 0.0592. The van der Waals surface area contributed by atoms with E-state index in [4.69, 9.17) is 4.52 Å². The van der Waals surface area contributed by atoms with Gasteiger partial charge in [-0.25, -0.2) is 4.98 Å². The van der Waals surface area contributed by atoms with Crippen molar-refractivity contribution >= 4 is 28.5 Å². The molecule has 27 heavy (non-hydrogen) atoms. The van der Waals surface area contributed by atoms with Gasteiger partial charge in [0, 0.05) is 40.2 Å². The first-order valence-corrected chi connectivity index (χ1v) is 9.69. The molecule has 1 saturated heterocycles.